The second-order valence-electron chi connectivity index (χ2n) is 4.74. The first kappa shape index (κ1) is 14.0. The smallest absolute Gasteiger partial charge is 0.253 e. The highest BCUT2D eigenvalue weighted by molar-refractivity contribution is 5.97. The SMILES string of the molecule is CC(=O)N1CCN(C(=O)c2ccc(C(N)=O)cc2)CC1. The third-order valence-electron chi connectivity index (χ3n) is 3.43. The average Bonchev–Trinajstić information content (AvgIpc) is 2.46. The second-order valence-corrected chi connectivity index (χ2v) is 4.74. The van der Waals surface area contributed by atoms with E-state index in [4.69, 9.17) is 5.73 Å². The molecule has 1 aromatic rings. The van der Waals surface area contributed by atoms with E-state index in [0.29, 0.717) is 37.3 Å². The van der Waals surface area contributed by atoms with Gasteiger partial charge in [-0.25, -0.2) is 0 Å². The molecule has 0 aromatic heterocycles. The van der Waals surface area contributed by atoms with Gasteiger partial charge in [0.25, 0.3) is 5.91 Å². The van der Waals surface area contributed by atoms with Gasteiger partial charge in [-0.2, -0.15) is 0 Å². The molecule has 0 aliphatic carbocycles. The lowest BCUT2D eigenvalue weighted by Gasteiger charge is -2.34. The Labute approximate surface area is 117 Å². The molecule has 0 spiro atoms. The third-order valence-corrected chi connectivity index (χ3v) is 3.43. The zero-order valence-corrected chi connectivity index (χ0v) is 11.3. The van der Waals surface area contributed by atoms with Gasteiger partial charge in [0.2, 0.25) is 11.8 Å². The molecule has 0 saturated carbocycles. The zero-order chi connectivity index (χ0) is 14.7. The van der Waals surface area contributed by atoms with Gasteiger partial charge in [0.05, 0.1) is 0 Å². The molecule has 3 amide bonds. The Balaban J connectivity index is 2.01. The summed E-state index contributed by atoms with van der Waals surface area (Å²) in [6.45, 7) is 3.69. The molecular weight excluding hydrogens is 258 g/mol. The zero-order valence-electron chi connectivity index (χ0n) is 11.3. The van der Waals surface area contributed by atoms with Gasteiger partial charge in [-0.05, 0) is 24.3 Å². The van der Waals surface area contributed by atoms with Crippen molar-refractivity contribution in [3.63, 3.8) is 0 Å². The molecule has 2 rings (SSSR count). The maximum Gasteiger partial charge on any atom is 0.253 e. The van der Waals surface area contributed by atoms with Gasteiger partial charge in [-0.15, -0.1) is 0 Å². The first-order chi connectivity index (χ1) is 9.49. The fraction of sp³-hybridized carbons (Fsp3) is 0.357. The Morgan fingerprint density at radius 1 is 0.900 bits per heavy atom. The van der Waals surface area contributed by atoms with Crippen LogP contribution in [0.2, 0.25) is 0 Å². The molecule has 1 saturated heterocycles. The molecule has 106 valence electrons. The number of rotatable bonds is 2. The van der Waals surface area contributed by atoms with E-state index in [-0.39, 0.29) is 11.8 Å². The highest BCUT2D eigenvalue weighted by Gasteiger charge is 2.23. The minimum Gasteiger partial charge on any atom is -0.366 e. The van der Waals surface area contributed by atoms with Crippen LogP contribution in [0.1, 0.15) is 27.6 Å². The molecule has 6 heteroatoms. The standard InChI is InChI=1S/C14H17N3O3/c1-10(18)16-6-8-17(9-7-16)14(20)12-4-2-11(3-5-12)13(15)19/h2-5H,6-9H2,1H3,(H2,15,19). The van der Waals surface area contributed by atoms with Gasteiger partial charge in [0.1, 0.15) is 0 Å². The first-order valence-electron chi connectivity index (χ1n) is 6.43. The lowest BCUT2D eigenvalue weighted by Crippen LogP contribution is -2.50. The van der Waals surface area contributed by atoms with Crippen LogP contribution >= 0.6 is 0 Å². The number of carbonyl (C=O) groups excluding carboxylic acids is 3. The summed E-state index contributed by atoms with van der Waals surface area (Å²) in [5.41, 5.74) is 6.05. The Kier molecular flexibility index (Phi) is 4.02. The Hall–Kier alpha value is -2.37. The fourth-order valence-electron chi connectivity index (χ4n) is 2.18. The number of primary amides is 1. The number of benzene rings is 1. The Bertz CT molecular complexity index is 531. The molecule has 0 radical (unpaired) electrons. The lowest BCUT2D eigenvalue weighted by atomic mass is 10.1. The highest BCUT2D eigenvalue weighted by Crippen LogP contribution is 2.10. The summed E-state index contributed by atoms with van der Waals surface area (Å²) in [6, 6.07) is 6.28. The van der Waals surface area contributed by atoms with Crippen LogP contribution in [0.4, 0.5) is 0 Å². The van der Waals surface area contributed by atoms with E-state index in [1.165, 1.54) is 6.92 Å². The van der Waals surface area contributed by atoms with Gasteiger partial charge in [-0.3, -0.25) is 14.4 Å². The third kappa shape index (κ3) is 2.96. The minimum atomic E-state index is -0.515. The summed E-state index contributed by atoms with van der Waals surface area (Å²) in [5, 5.41) is 0. The Morgan fingerprint density at radius 2 is 1.35 bits per heavy atom. The van der Waals surface area contributed by atoms with Crippen LogP contribution in [0, 0.1) is 0 Å². The number of amides is 3. The summed E-state index contributed by atoms with van der Waals surface area (Å²) >= 11 is 0. The van der Waals surface area contributed by atoms with Crippen molar-refractivity contribution in [3.05, 3.63) is 35.4 Å². The van der Waals surface area contributed by atoms with Crippen LogP contribution in [-0.2, 0) is 4.79 Å². The average molecular weight is 275 g/mol. The lowest BCUT2D eigenvalue weighted by molar-refractivity contribution is -0.130. The number of hydrogen-bond acceptors (Lipinski definition) is 3. The highest BCUT2D eigenvalue weighted by atomic mass is 16.2. The normalized spacial score (nSPS) is 15.1. The molecule has 20 heavy (non-hydrogen) atoms. The molecular formula is C14H17N3O3. The van der Waals surface area contributed by atoms with Crippen LogP contribution in [0.3, 0.4) is 0 Å². The number of nitrogens with zero attached hydrogens (tertiary/aromatic N) is 2. The van der Waals surface area contributed by atoms with Crippen molar-refractivity contribution < 1.29 is 14.4 Å². The summed E-state index contributed by atoms with van der Waals surface area (Å²) < 4.78 is 0. The molecule has 0 atom stereocenters. The molecule has 6 nitrogen and oxygen atoms in total. The summed E-state index contributed by atoms with van der Waals surface area (Å²) in [7, 11) is 0. The van der Waals surface area contributed by atoms with E-state index in [0.717, 1.165) is 0 Å². The van der Waals surface area contributed by atoms with Crippen molar-refractivity contribution >= 4 is 17.7 Å². The summed E-state index contributed by atoms with van der Waals surface area (Å²) in [4.78, 5) is 37.9. The van der Waals surface area contributed by atoms with Crippen LogP contribution in [0.25, 0.3) is 0 Å². The number of carbonyl (C=O) groups is 3. The van der Waals surface area contributed by atoms with E-state index in [1.807, 2.05) is 0 Å². The van der Waals surface area contributed by atoms with E-state index in [9.17, 15) is 14.4 Å². The number of piperazine rings is 1. The van der Waals surface area contributed by atoms with Crippen molar-refractivity contribution in [2.75, 3.05) is 26.2 Å². The number of hydrogen-bond donors (Lipinski definition) is 1. The van der Waals surface area contributed by atoms with Crippen molar-refractivity contribution in [3.8, 4) is 0 Å². The molecule has 0 unspecified atom stereocenters. The van der Waals surface area contributed by atoms with Gasteiger partial charge in [0, 0.05) is 44.2 Å². The van der Waals surface area contributed by atoms with Crippen LogP contribution in [0.15, 0.2) is 24.3 Å². The minimum absolute atomic E-state index is 0.0305. The Morgan fingerprint density at radius 3 is 1.80 bits per heavy atom. The molecule has 2 N–H and O–H groups in total. The van der Waals surface area contributed by atoms with E-state index >= 15 is 0 Å². The van der Waals surface area contributed by atoms with Gasteiger partial charge in [0.15, 0.2) is 0 Å². The van der Waals surface area contributed by atoms with Crippen molar-refractivity contribution in [2.24, 2.45) is 5.73 Å². The predicted octanol–water partition coefficient (Wildman–Crippen LogP) is 0.0898. The van der Waals surface area contributed by atoms with Crippen molar-refractivity contribution in [1.29, 1.82) is 0 Å². The van der Waals surface area contributed by atoms with E-state index in [1.54, 1.807) is 34.1 Å². The maximum atomic E-state index is 12.3. The topological polar surface area (TPSA) is 83.7 Å². The van der Waals surface area contributed by atoms with Crippen LogP contribution in [0.5, 0.6) is 0 Å². The molecule has 1 fully saturated rings. The van der Waals surface area contributed by atoms with Crippen LogP contribution < -0.4 is 5.73 Å². The van der Waals surface area contributed by atoms with Crippen molar-refractivity contribution in [2.45, 2.75) is 6.92 Å². The molecule has 1 aliphatic rings. The molecule has 1 heterocycles. The van der Waals surface area contributed by atoms with E-state index in [2.05, 4.69) is 0 Å². The quantitative estimate of drug-likeness (QED) is 0.830. The van der Waals surface area contributed by atoms with Gasteiger partial charge < -0.3 is 15.5 Å². The van der Waals surface area contributed by atoms with Crippen LogP contribution in [-0.4, -0.2) is 53.7 Å². The van der Waals surface area contributed by atoms with Gasteiger partial charge in [-0.1, -0.05) is 0 Å². The van der Waals surface area contributed by atoms with Crippen molar-refractivity contribution in [1.82, 2.24) is 9.80 Å². The van der Waals surface area contributed by atoms with Gasteiger partial charge >= 0.3 is 0 Å². The summed E-state index contributed by atoms with van der Waals surface area (Å²) in [6.07, 6.45) is 0. The predicted molar refractivity (Wildman–Crippen MR) is 73.1 cm³/mol. The fourth-order valence-corrected chi connectivity index (χ4v) is 2.18. The summed E-state index contributed by atoms with van der Waals surface area (Å²) in [5.74, 6) is -0.578. The monoisotopic (exact) mass is 275 g/mol. The number of nitrogens with two attached hydrogens (primary N) is 1. The van der Waals surface area contributed by atoms with E-state index < -0.39 is 5.91 Å². The maximum absolute atomic E-state index is 12.3. The molecule has 1 aliphatic heterocycles. The first-order valence-corrected chi connectivity index (χ1v) is 6.43. The second kappa shape index (κ2) is 5.73. The largest absolute Gasteiger partial charge is 0.366 e. The molecule has 1 aromatic carbocycles. The molecule has 0 bridgehead atoms.